The van der Waals surface area contributed by atoms with Gasteiger partial charge in [0.25, 0.3) is 0 Å². The van der Waals surface area contributed by atoms with Gasteiger partial charge in [-0.1, -0.05) is 12.1 Å². The molecule has 0 bridgehead atoms. The van der Waals surface area contributed by atoms with Crippen LogP contribution in [0.2, 0.25) is 0 Å². The van der Waals surface area contributed by atoms with E-state index in [1.54, 1.807) is 26.2 Å². The molecular formula is C14H16O5. The zero-order valence-corrected chi connectivity index (χ0v) is 10.9. The van der Waals surface area contributed by atoms with Crippen molar-refractivity contribution in [3.05, 3.63) is 29.8 Å². The van der Waals surface area contributed by atoms with Crippen LogP contribution in [-0.2, 0) is 19.1 Å². The van der Waals surface area contributed by atoms with Crippen molar-refractivity contribution >= 4 is 11.9 Å². The molecule has 1 aliphatic rings. The third-order valence-electron chi connectivity index (χ3n) is 3.12. The lowest BCUT2D eigenvalue weighted by atomic mass is 9.88. The van der Waals surface area contributed by atoms with Gasteiger partial charge < -0.3 is 14.2 Å². The number of benzene rings is 1. The van der Waals surface area contributed by atoms with Gasteiger partial charge in [-0.15, -0.1) is 0 Å². The highest BCUT2D eigenvalue weighted by Gasteiger charge is 2.44. The maximum atomic E-state index is 11.8. The molecule has 2 rings (SSSR count). The Hall–Kier alpha value is -2.04. The molecule has 0 N–H and O–H groups in total. The lowest BCUT2D eigenvalue weighted by molar-refractivity contribution is -0.155. The predicted molar refractivity (Wildman–Crippen MR) is 66.8 cm³/mol. The van der Waals surface area contributed by atoms with E-state index in [-0.39, 0.29) is 19.1 Å². The van der Waals surface area contributed by atoms with Crippen LogP contribution < -0.4 is 4.74 Å². The summed E-state index contributed by atoms with van der Waals surface area (Å²) in [5.74, 6) is -1.57. The molecule has 102 valence electrons. The summed E-state index contributed by atoms with van der Waals surface area (Å²) in [4.78, 5) is 23.5. The van der Waals surface area contributed by atoms with Gasteiger partial charge in [0.15, 0.2) is 5.92 Å². The number of cyclic esters (lactones) is 1. The first-order valence-corrected chi connectivity index (χ1v) is 6.14. The van der Waals surface area contributed by atoms with Gasteiger partial charge in [-0.2, -0.15) is 0 Å². The summed E-state index contributed by atoms with van der Waals surface area (Å²) in [6, 6.07) is 7.28. The first kappa shape index (κ1) is 13.4. The third-order valence-corrected chi connectivity index (χ3v) is 3.12. The quantitative estimate of drug-likeness (QED) is 0.609. The highest BCUT2D eigenvalue weighted by molar-refractivity contribution is 5.97. The summed E-state index contributed by atoms with van der Waals surface area (Å²) in [7, 11) is 1.57. The van der Waals surface area contributed by atoms with Crippen LogP contribution in [0.25, 0.3) is 0 Å². The smallest absolute Gasteiger partial charge is 0.321 e. The van der Waals surface area contributed by atoms with Crippen molar-refractivity contribution in [3.8, 4) is 5.75 Å². The average Bonchev–Trinajstić information content (AvgIpc) is 2.81. The Kier molecular flexibility index (Phi) is 4.04. The molecule has 1 fully saturated rings. The maximum absolute atomic E-state index is 11.8. The molecule has 1 aliphatic heterocycles. The molecule has 0 radical (unpaired) electrons. The molecule has 0 unspecified atom stereocenters. The number of hydrogen-bond acceptors (Lipinski definition) is 5. The second-order valence-electron chi connectivity index (χ2n) is 4.24. The van der Waals surface area contributed by atoms with Gasteiger partial charge in [0.05, 0.1) is 20.3 Å². The minimum atomic E-state index is -0.882. The first-order valence-electron chi connectivity index (χ1n) is 6.14. The van der Waals surface area contributed by atoms with E-state index in [2.05, 4.69) is 0 Å². The summed E-state index contributed by atoms with van der Waals surface area (Å²) < 4.78 is 15.1. The van der Waals surface area contributed by atoms with Crippen molar-refractivity contribution < 1.29 is 23.8 Å². The van der Waals surface area contributed by atoms with Crippen LogP contribution in [0, 0.1) is 5.92 Å². The molecule has 1 saturated heterocycles. The average molecular weight is 264 g/mol. The van der Waals surface area contributed by atoms with E-state index in [4.69, 9.17) is 14.2 Å². The molecular weight excluding hydrogens is 248 g/mol. The Morgan fingerprint density at radius 1 is 1.47 bits per heavy atom. The number of ether oxygens (including phenoxy) is 3. The van der Waals surface area contributed by atoms with Gasteiger partial charge in [0, 0.05) is 5.92 Å². The van der Waals surface area contributed by atoms with Crippen molar-refractivity contribution in [2.75, 3.05) is 20.3 Å². The van der Waals surface area contributed by atoms with Gasteiger partial charge in [-0.3, -0.25) is 9.59 Å². The molecule has 2 atom stereocenters. The minimum Gasteiger partial charge on any atom is -0.497 e. The Morgan fingerprint density at radius 2 is 2.26 bits per heavy atom. The van der Waals surface area contributed by atoms with Crippen LogP contribution >= 0.6 is 0 Å². The fourth-order valence-electron chi connectivity index (χ4n) is 2.18. The van der Waals surface area contributed by atoms with Gasteiger partial charge in [0.1, 0.15) is 5.75 Å². The van der Waals surface area contributed by atoms with Crippen molar-refractivity contribution in [1.82, 2.24) is 0 Å². The first-order chi connectivity index (χ1) is 9.17. The summed E-state index contributed by atoms with van der Waals surface area (Å²) >= 11 is 0. The highest BCUT2D eigenvalue weighted by Crippen LogP contribution is 2.34. The fourth-order valence-corrected chi connectivity index (χ4v) is 2.18. The fraction of sp³-hybridized carbons (Fsp3) is 0.429. The maximum Gasteiger partial charge on any atom is 0.321 e. The standard InChI is InChI=1S/C14H16O5/c1-3-18-13(15)12-11(8-19-14(12)16)9-5-4-6-10(7-9)17-2/h4-7,11-12H,3,8H2,1-2H3/t11-,12-/m1/s1. The topological polar surface area (TPSA) is 61.8 Å². The molecule has 0 saturated carbocycles. The molecule has 5 heteroatoms. The van der Waals surface area contributed by atoms with Crippen molar-refractivity contribution in [2.45, 2.75) is 12.8 Å². The van der Waals surface area contributed by atoms with Crippen molar-refractivity contribution in [1.29, 1.82) is 0 Å². The van der Waals surface area contributed by atoms with E-state index >= 15 is 0 Å². The van der Waals surface area contributed by atoms with Crippen LogP contribution in [0.4, 0.5) is 0 Å². The van der Waals surface area contributed by atoms with Crippen molar-refractivity contribution in [2.24, 2.45) is 5.92 Å². The van der Waals surface area contributed by atoms with Crippen LogP contribution in [0.15, 0.2) is 24.3 Å². The lowest BCUT2D eigenvalue weighted by Crippen LogP contribution is -2.26. The van der Waals surface area contributed by atoms with Crippen LogP contribution in [-0.4, -0.2) is 32.3 Å². The van der Waals surface area contributed by atoms with Crippen molar-refractivity contribution in [3.63, 3.8) is 0 Å². The second-order valence-corrected chi connectivity index (χ2v) is 4.24. The van der Waals surface area contributed by atoms with Crippen LogP contribution in [0.5, 0.6) is 5.75 Å². The molecule has 5 nitrogen and oxygen atoms in total. The normalized spacial score (nSPS) is 21.9. The second kappa shape index (κ2) is 5.73. The highest BCUT2D eigenvalue weighted by atomic mass is 16.6. The number of rotatable bonds is 4. The van der Waals surface area contributed by atoms with E-state index in [1.807, 2.05) is 12.1 Å². The van der Waals surface area contributed by atoms with Gasteiger partial charge in [-0.25, -0.2) is 0 Å². The van der Waals surface area contributed by atoms with E-state index < -0.39 is 17.9 Å². The molecule has 0 aliphatic carbocycles. The molecule has 0 amide bonds. The summed E-state index contributed by atoms with van der Waals surface area (Å²) in [5.41, 5.74) is 0.836. The largest absolute Gasteiger partial charge is 0.497 e. The SMILES string of the molecule is CCOC(=O)[C@@H]1C(=O)OC[C@@H]1c1cccc(OC)c1. The Labute approximate surface area is 111 Å². The number of hydrogen-bond donors (Lipinski definition) is 0. The third kappa shape index (κ3) is 2.70. The van der Waals surface area contributed by atoms with Gasteiger partial charge in [0.2, 0.25) is 0 Å². The summed E-state index contributed by atoms with van der Waals surface area (Å²) in [6.07, 6.45) is 0. The molecule has 1 aromatic carbocycles. The van der Waals surface area contributed by atoms with Crippen LogP contribution in [0.3, 0.4) is 0 Å². The van der Waals surface area contributed by atoms with E-state index in [9.17, 15) is 9.59 Å². The molecule has 1 heterocycles. The minimum absolute atomic E-state index is 0.190. The monoisotopic (exact) mass is 264 g/mol. The molecule has 19 heavy (non-hydrogen) atoms. The molecule has 0 spiro atoms. The number of carbonyl (C=O) groups excluding carboxylic acids is 2. The number of methoxy groups -OCH3 is 1. The Bertz CT molecular complexity index is 482. The number of esters is 2. The Morgan fingerprint density at radius 3 is 2.95 bits per heavy atom. The van der Waals surface area contributed by atoms with E-state index in [1.165, 1.54) is 0 Å². The van der Waals surface area contributed by atoms with Gasteiger partial charge in [-0.05, 0) is 24.6 Å². The summed E-state index contributed by atoms with van der Waals surface area (Å²) in [6.45, 7) is 2.14. The zero-order chi connectivity index (χ0) is 13.8. The molecule has 1 aromatic rings. The molecule has 0 aromatic heterocycles. The number of carbonyl (C=O) groups is 2. The van der Waals surface area contributed by atoms with E-state index in [0.29, 0.717) is 5.75 Å². The van der Waals surface area contributed by atoms with Crippen LogP contribution in [0.1, 0.15) is 18.4 Å². The predicted octanol–water partition coefficient (Wildman–Crippen LogP) is 1.51. The van der Waals surface area contributed by atoms with Gasteiger partial charge >= 0.3 is 11.9 Å². The zero-order valence-electron chi connectivity index (χ0n) is 10.9. The summed E-state index contributed by atoms with van der Waals surface area (Å²) in [5, 5.41) is 0. The lowest BCUT2D eigenvalue weighted by Gasteiger charge is -2.15. The van der Waals surface area contributed by atoms with E-state index in [0.717, 1.165) is 5.56 Å². The Balaban J connectivity index is 2.26.